The number of nitrogens with zero attached hydrogens (tertiary/aromatic N) is 5. The minimum atomic E-state index is -0.663. The topological polar surface area (TPSA) is 73.0 Å². The third-order valence-corrected chi connectivity index (χ3v) is 6.65. The summed E-state index contributed by atoms with van der Waals surface area (Å²) in [5.41, 5.74) is 1.98. The maximum absolute atomic E-state index is 13.3. The van der Waals surface area contributed by atoms with E-state index in [0.717, 1.165) is 19.3 Å². The number of fused-ring (bicyclic) bond motifs is 1. The molecule has 0 spiro atoms. The van der Waals surface area contributed by atoms with Crippen molar-refractivity contribution in [1.29, 1.82) is 0 Å². The second-order valence-electron chi connectivity index (χ2n) is 8.86. The molecule has 0 N–H and O–H groups in total. The van der Waals surface area contributed by atoms with Crippen molar-refractivity contribution in [2.24, 2.45) is 5.92 Å². The normalized spacial score (nSPS) is 15.5. The van der Waals surface area contributed by atoms with Gasteiger partial charge in [0.1, 0.15) is 23.6 Å². The number of amides is 1. The Bertz CT molecular complexity index is 1360. The van der Waals surface area contributed by atoms with E-state index in [1.807, 2.05) is 11.0 Å². The van der Waals surface area contributed by atoms with Gasteiger partial charge >= 0.3 is 0 Å². The van der Waals surface area contributed by atoms with E-state index in [9.17, 15) is 14.0 Å². The molecule has 1 fully saturated rings. The van der Waals surface area contributed by atoms with Gasteiger partial charge in [0.25, 0.3) is 5.56 Å². The fraction of sp³-hybridized carbons (Fsp3) is 0.308. The van der Waals surface area contributed by atoms with E-state index in [4.69, 9.17) is 0 Å². The molecule has 174 valence electrons. The van der Waals surface area contributed by atoms with Gasteiger partial charge in [0.15, 0.2) is 5.65 Å². The number of hydrogen-bond acceptors (Lipinski definition) is 4. The van der Waals surface area contributed by atoms with Gasteiger partial charge in [0, 0.05) is 13.1 Å². The average Bonchev–Trinajstić information content (AvgIpc) is 3.30. The number of carbonyl (C=O) groups excluding carboxylic acids is 1. The molecule has 1 atom stereocenters. The number of aromatic nitrogens is 4. The van der Waals surface area contributed by atoms with Gasteiger partial charge in [0.2, 0.25) is 5.91 Å². The van der Waals surface area contributed by atoms with Crippen LogP contribution in [0.4, 0.5) is 4.39 Å². The van der Waals surface area contributed by atoms with Crippen molar-refractivity contribution in [1.82, 2.24) is 24.2 Å². The molecule has 0 aliphatic carbocycles. The first-order chi connectivity index (χ1) is 16.5. The lowest BCUT2D eigenvalue weighted by Gasteiger charge is -2.34. The van der Waals surface area contributed by atoms with Crippen LogP contribution in [-0.2, 0) is 11.2 Å². The molecule has 2 aromatic carbocycles. The van der Waals surface area contributed by atoms with Gasteiger partial charge in [-0.3, -0.25) is 14.2 Å². The lowest BCUT2D eigenvalue weighted by molar-refractivity contribution is -0.135. The Kier molecular flexibility index (Phi) is 5.96. The molecule has 4 aromatic rings. The van der Waals surface area contributed by atoms with Crippen molar-refractivity contribution < 1.29 is 9.18 Å². The van der Waals surface area contributed by atoms with Crippen LogP contribution in [0.5, 0.6) is 0 Å². The molecular weight excluding hydrogens is 433 g/mol. The predicted molar refractivity (Wildman–Crippen MR) is 127 cm³/mol. The molecule has 7 nitrogen and oxygen atoms in total. The standard InChI is InChI=1S/C26H26FN5O2/c1-18(25(33)30-13-11-20(12-14-30)15-19-5-3-2-4-6-19)31-17-28-24-23(26(31)34)16-29-32(24)22-9-7-21(27)8-10-22/h2-10,16-18,20H,11-15H2,1H3/t18-/m1/s1. The first-order valence-electron chi connectivity index (χ1n) is 11.5. The number of benzene rings is 2. The van der Waals surface area contributed by atoms with E-state index in [-0.39, 0.29) is 17.3 Å². The number of carbonyl (C=O) groups is 1. The molecule has 8 heteroatoms. The minimum Gasteiger partial charge on any atom is -0.341 e. The Morgan fingerprint density at radius 2 is 1.79 bits per heavy atom. The largest absolute Gasteiger partial charge is 0.341 e. The molecule has 1 saturated heterocycles. The molecule has 34 heavy (non-hydrogen) atoms. The van der Waals surface area contributed by atoms with Crippen molar-refractivity contribution in [3.63, 3.8) is 0 Å². The fourth-order valence-electron chi connectivity index (χ4n) is 4.66. The molecule has 1 aliphatic heterocycles. The van der Waals surface area contributed by atoms with Crippen LogP contribution in [0.2, 0.25) is 0 Å². The van der Waals surface area contributed by atoms with Crippen LogP contribution in [0.1, 0.15) is 31.4 Å². The van der Waals surface area contributed by atoms with Gasteiger partial charge in [-0.05, 0) is 61.9 Å². The third kappa shape index (κ3) is 4.23. The van der Waals surface area contributed by atoms with Crippen LogP contribution in [0.25, 0.3) is 16.7 Å². The van der Waals surface area contributed by atoms with Gasteiger partial charge in [-0.2, -0.15) is 5.10 Å². The summed E-state index contributed by atoms with van der Waals surface area (Å²) in [5, 5.41) is 4.57. The molecule has 3 heterocycles. The summed E-state index contributed by atoms with van der Waals surface area (Å²) in [5.74, 6) is 0.124. The van der Waals surface area contributed by atoms with Crippen LogP contribution >= 0.6 is 0 Å². The van der Waals surface area contributed by atoms with Crippen molar-refractivity contribution in [2.75, 3.05) is 13.1 Å². The van der Waals surface area contributed by atoms with E-state index in [1.54, 1.807) is 19.1 Å². The second kappa shape index (κ2) is 9.21. The number of piperidine rings is 1. The highest BCUT2D eigenvalue weighted by Crippen LogP contribution is 2.23. The van der Waals surface area contributed by atoms with Crippen LogP contribution in [0.15, 0.2) is 71.9 Å². The average molecular weight is 460 g/mol. The highest BCUT2D eigenvalue weighted by Gasteiger charge is 2.28. The predicted octanol–water partition coefficient (Wildman–Crippen LogP) is 3.76. The maximum atomic E-state index is 13.3. The number of halogens is 1. The van der Waals surface area contributed by atoms with Crippen molar-refractivity contribution >= 4 is 16.9 Å². The second-order valence-corrected chi connectivity index (χ2v) is 8.86. The SMILES string of the molecule is C[C@H](C(=O)N1CCC(Cc2ccccc2)CC1)n1cnc2c(cnn2-c2ccc(F)cc2)c1=O. The van der Waals surface area contributed by atoms with Crippen molar-refractivity contribution in [2.45, 2.75) is 32.2 Å². The highest BCUT2D eigenvalue weighted by molar-refractivity contribution is 5.81. The Morgan fingerprint density at radius 1 is 1.09 bits per heavy atom. The zero-order chi connectivity index (χ0) is 23.7. The van der Waals surface area contributed by atoms with E-state index in [0.29, 0.717) is 35.7 Å². The first-order valence-corrected chi connectivity index (χ1v) is 11.5. The highest BCUT2D eigenvalue weighted by atomic mass is 19.1. The molecule has 0 bridgehead atoms. The van der Waals surface area contributed by atoms with E-state index in [1.165, 1.54) is 39.5 Å². The zero-order valence-corrected chi connectivity index (χ0v) is 19.0. The van der Waals surface area contributed by atoms with Gasteiger partial charge in [-0.1, -0.05) is 30.3 Å². The Balaban J connectivity index is 1.30. The molecule has 2 aromatic heterocycles. The molecule has 0 unspecified atom stereocenters. The van der Waals surface area contributed by atoms with E-state index >= 15 is 0 Å². The zero-order valence-electron chi connectivity index (χ0n) is 19.0. The number of likely N-dealkylation sites (tertiary alicyclic amines) is 1. The summed E-state index contributed by atoms with van der Waals surface area (Å²) in [6.45, 7) is 3.11. The van der Waals surface area contributed by atoms with Gasteiger partial charge in [0.05, 0.1) is 11.9 Å². The third-order valence-electron chi connectivity index (χ3n) is 6.65. The van der Waals surface area contributed by atoms with Gasteiger partial charge in [-0.15, -0.1) is 0 Å². The number of hydrogen-bond donors (Lipinski definition) is 0. The lowest BCUT2D eigenvalue weighted by atomic mass is 9.90. The van der Waals surface area contributed by atoms with Crippen LogP contribution in [-0.4, -0.2) is 43.2 Å². The summed E-state index contributed by atoms with van der Waals surface area (Å²) in [6, 6.07) is 15.6. The van der Waals surface area contributed by atoms with E-state index in [2.05, 4.69) is 34.3 Å². The Labute approximate surface area is 196 Å². The molecule has 1 aliphatic rings. The van der Waals surface area contributed by atoms with Crippen molar-refractivity contribution in [3.05, 3.63) is 88.9 Å². The fourth-order valence-corrected chi connectivity index (χ4v) is 4.66. The Hall–Kier alpha value is -3.81. The molecule has 1 amide bonds. The molecular formula is C26H26FN5O2. The smallest absolute Gasteiger partial charge is 0.265 e. The monoisotopic (exact) mass is 459 g/mol. The molecule has 0 radical (unpaired) electrons. The lowest BCUT2D eigenvalue weighted by Crippen LogP contribution is -2.43. The van der Waals surface area contributed by atoms with Crippen LogP contribution in [0.3, 0.4) is 0 Å². The van der Waals surface area contributed by atoms with Crippen LogP contribution in [0, 0.1) is 11.7 Å². The number of rotatable bonds is 5. The molecule has 0 saturated carbocycles. The van der Waals surface area contributed by atoms with Crippen LogP contribution < -0.4 is 5.56 Å². The summed E-state index contributed by atoms with van der Waals surface area (Å²) < 4.78 is 16.1. The summed E-state index contributed by atoms with van der Waals surface area (Å²) in [7, 11) is 0. The quantitative estimate of drug-likeness (QED) is 0.456. The van der Waals surface area contributed by atoms with E-state index < -0.39 is 6.04 Å². The summed E-state index contributed by atoms with van der Waals surface area (Å²) >= 11 is 0. The Morgan fingerprint density at radius 3 is 2.50 bits per heavy atom. The minimum absolute atomic E-state index is 0.0765. The summed E-state index contributed by atoms with van der Waals surface area (Å²) in [4.78, 5) is 32.6. The summed E-state index contributed by atoms with van der Waals surface area (Å²) in [6.07, 6.45) is 5.76. The van der Waals surface area contributed by atoms with Gasteiger partial charge in [-0.25, -0.2) is 14.1 Å². The maximum Gasteiger partial charge on any atom is 0.265 e. The van der Waals surface area contributed by atoms with Crippen molar-refractivity contribution in [3.8, 4) is 5.69 Å². The van der Waals surface area contributed by atoms with Gasteiger partial charge < -0.3 is 4.90 Å². The molecule has 5 rings (SSSR count). The first kappa shape index (κ1) is 22.0.